The number of rotatable bonds is 7. The van der Waals surface area contributed by atoms with E-state index in [1.165, 1.54) is 0 Å². The number of carbonyl (C=O) groups is 1. The maximum Gasteiger partial charge on any atom is 0.258 e. The molecule has 0 aliphatic heterocycles. The lowest BCUT2D eigenvalue weighted by molar-refractivity contribution is -0.123. The zero-order valence-corrected chi connectivity index (χ0v) is 14.0. The van der Waals surface area contributed by atoms with Crippen LogP contribution in [0.5, 0.6) is 11.5 Å². The van der Waals surface area contributed by atoms with Gasteiger partial charge in [0.05, 0.1) is 12.6 Å². The Morgan fingerprint density at radius 1 is 1.09 bits per heavy atom. The van der Waals surface area contributed by atoms with E-state index >= 15 is 0 Å². The number of amides is 1. The van der Waals surface area contributed by atoms with Crippen molar-refractivity contribution < 1.29 is 14.3 Å². The van der Waals surface area contributed by atoms with Gasteiger partial charge in [-0.2, -0.15) is 0 Å². The Hall–Kier alpha value is -2.20. The Morgan fingerprint density at radius 2 is 1.70 bits per heavy atom. The fourth-order valence-electron chi connectivity index (χ4n) is 2.17. The SMILES string of the molecule is CCOc1ccccc1OCC(=O)N[C@H](C)c1ccccc1Cl. The molecule has 2 aromatic carbocycles. The number of carbonyl (C=O) groups excluding carboxylic acids is 1. The van der Waals surface area contributed by atoms with E-state index in [4.69, 9.17) is 21.1 Å². The van der Waals surface area contributed by atoms with E-state index in [0.717, 1.165) is 5.56 Å². The van der Waals surface area contributed by atoms with Crippen molar-refractivity contribution in [2.24, 2.45) is 0 Å². The lowest BCUT2D eigenvalue weighted by Gasteiger charge is -2.16. The molecule has 0 aliphatic carbocycles. The van der Waals surface area contributed by atoms with Gasteiger partial charge in [0.2, 0.25) is 0 Å². The van der Waals surface area contributed by atoms with Crippen molar-refractivity contribution >= 4 is 17.5 Å². The van der Waals surface area contributed by atoms with Crippen LogP contribution in [0, 0.1) is 0 Å². The second-order valence-electron chi connectivity index (χ2n) is 4.98. The van der Waals surface area contributed by atoms with Gasteiger partial charge in [0.25, 0.3) is 5.91 Å². The van der Waals surface area contributed by atoms with E-state index in [1.807, 2.05) is 50.2 Å². The molecule has 0 heterocycles. The molecule has 4 nitrogen and oxygen atoms in total. The lowest BCUT2D eigenvalue weighted by Crippen LogP contribution is -2.31. The zero-order valence-electron chi connectivity index (χ0n) is 13.2. The standard InChI is InChI=1S/C18H20ClNO3/c1-3-22-16-10-6-7-11-17(16)23-12-18(21)20-13(2)14-8-4-5-9-15(14)19/h4-11,13H,3,12H2,1-2H3,(H,20,21)/t13-/m1/s1. The van der Waals surface area contributed by atoms with Gasteiger partial charge in [-0.15, -0.1) is 0 Å². The van der Waals surface area contributed by atoms with Gasteiger partial charge < -0.3 is 14.8 Å². The third-order valence-corrected chi connectivity index (χ3v) is 3.60. The van der Waals surface area contributed by atoms with E-state index in [0.29, 0.717) is 23.1 Å². The van der Waals surface area contributed by atoms with Crippen molar-refractivity contribution in [1.29, 1.82) is 0 Å². The van der Waals surface area contributed by atoms with Crippen molar-refractivity contribution in [1.82, 2.24) is 5.32 Å². The predicted octanol–water partition coefficient (Wildman–Crippen LogP) is 3.99. The molecular formula is C18H20ClNO3. The average Bonchev–Trinajstić information content (AvgIpc) is 2.54. The van der Waals surface area contributed by atoms with Gasteiger partial charge in [0, 0.05) is 5.02 Å². The zero-order chi connectivity index (χ0) is 16.7. The van der Waals surface area contributed by atoms with Gasteiger partial charge in [-0.25, -0.2) is 0 Å². The van der Waals surface area contributed by atoms with Crippen LogP contribution in [0.1, 0.15) is 25.5 Å². The molecule has 0 fully saturated rings. The van der Waals surface area contributed by atoms with Crippen molar-refractivity contribution in [2.75, 3.05) is 13.2 Å². The molecule has 23 heavy (non-hydrogen) atoms. The van der Waals surface area contributed by atoms with Crippen LogP contribution in [0.25, 0.3) is 0 Å². The lowest BCUT2D eigenvalue weighted by atomic mass is 10.1. The molecule has 0 unspecified atom stereocenters. The molecule has 2 rings (SSSR count). The van der Waals surface area contributed by atoms with Crippen LogP contribution < -0.4 is 14.8 Å². The van der Waals surface area contributed by atoms with Crippen molar-refractivity contribution in [2.45, 2.75) is 19.9 Å². The molecule has 122 valence electrons. The maximum atomic E-state index is 12.1. The molecule has 1 amide bonds. The second kappa shape index (κ2) is 8.44. The third-order valence-electron chi connectivity index (χ3n) is 3.26. The maximum absolute atomic E-state index is 12.1. The Kier molecular flexibility index (Phi) is 6.29. The molecular weight excluding hydrogens is 314 g/mol. The molecule has 0 aliphatic rings. The Balaban J connectivity index is 1.92. The van der Waals surface area contributed by atoms with Gasteiger partial charge in [0.15, 0.2) is 18.1 Å². The van der Waals surface area contributed by atoms with Crippen molar-refractivity contribution in [3.63, 3.8) is 0 Å². The van der Waals surface area contributed by atoms with Crippen LogP contribution >= 0.6 is 11.6 Å². The summed E-state index contributed by atoms with van der Waals surface area (Å²) in [6, 6.07) is 14.5. The summed E-state index contributed by atoms with van der Waals surface area (Å²) in [6.07, 6.45) is 0. The van der Waals surface area contributed by atoms with E-state index in [2.05, 4.69) is 5.32 Å². The van der Waals surface area contributed by atoms with Gasteiger partial charge in [-0.3, -0.25) is 4.79 Å². The summed E-state index contributed by atoms with van der Waals surface area (Å²) < 4.78 is 11.0. The summed E-state index contributed by atoms with van der Waals surface area (Å²) in [5.74, 6) is 0.959. The first-order chi connectivity index (χ1) is 11.1. The average molecular weight is 334 g/mol. The summed E-state index contributed by atoms with van der Waals surface area (Å²) in [7, 11) is 0. The normalized spacial score (nSPS) is 11.6. The van der Waals surface area contributed by atoms with E-state index in [9.17, 15) is 4.79 Å². The summed E-state index contributed by atoms with van der Waals surface area (Å²) >= 11 is 6.13. The highest BCUT2D eigenvalue weighted by atomic mass is 35.5. The largest absolute Gasteiger partial charge is 0.490 e. The number of hydrogen-bond acceptors (Lipinski definition) is 3. The minimum atomic E-state index is -0.219. The number of hydrogen-bond donors (Lipinski definition) is 1. The minimum Gasteiger partial charge on any atom is -0.490 e. The molecule has 0 radical (unpaired) electrons. The topological polar surface area (TPSA) is 47.6 Å². The fourth-order valence-corrected chi connectivity index (χ4v) is 2.47. The number of para-hydroxylation sites is 2. The van der Waals surface area contributed by atoms with E-state index in [1.54, 1.807) is 12.1 Å². The first-order valence-electron chi connectivity index (χ1n) is 7.50. The van der Waals surface area contributed by atoms with Crippen LogP contribution in [0.15, 0.2) is 48.5 Å². The second-order valence-corrected chi connectivity index (χ2v) is 5.39. The monoisotopic (exact) mass is 333 g/mol. The molecule has 5 heteroatoms. The highest BCUT2D eigenvalue weighted by Crippen LogP contribution is 2.26. The number of ether oxygens (including phenoxy) is 2. The molecule has 1 N–H and O–H groups in total. The third kappa shape index (κ3) is 4.89. The summed E-state index contributed by atoms with van der Waals surface area (Å²) in [5.41, 5.74) is 0.872. The smallest absolute Gasteiger partial charge is 0.258 e. The highest BCUT2D eigenvalue weighted by molar-refractivity contribution is 6.31. The van der Waals surface area contributed by atoms with Gasteiger partial charge in [-0.05, 0) is 37.6 Å². The van der Waals surface area contributed by atoms with E-state index in [-0.39, 0.29) is 18.6 Å². The molecule has 1 atom stereocenters. The Morgan fingerprint density at radius 3 is 2.35 bits per heavy atom. The van der Waals surface area contributed by atoms with Gasteiger partial charge >= 0.3 is 0 Å². The number of nitrogens with one attached hydrogen (secondary N) is 1. The van der Waals surface area contributed by atoms with Crippen molar-refractivity contribution in [3.05, 3.63) is 59.1 Å². The first kappa shape index (κ1) is 17.2. The number of halogens is 1. The van der Waals surface area contributed by atoms with Crippen LogP contribution in [0.3, 0.4) is 0 Å². The van der Waals surface area contributed by atoms with Crippen LogP contribution in [0.2, 0.25) is 5.02 Å². The summed E-state index contributed by atoms with van der Waals surface area (Å²) in [6.45, 7) is 4.23. The van der Waals surface area contributed by atoms with E-state index < -0.39 is 0 Å². The Labute approximate surface area is 141 Å². The molecule has 0 saturated heterocycles. The van der Waals surface area contributed by atoms with Crippen LogP contribution in [0.4, 0.5) is 0 Å². The van der Waals surface area contributed by atoms with Crippen molar-refractivity contribution in [3.8, 4) is 11.5 Å². The summed E-state index contributed by atoms with van der Waals surface area (Å²) in [5, 5.41) is 3.50. The predicted molar refractivity (Wildman–Crippen MR) is 91.1 cm³/mol. The minimum absolute atomic E-state index is 0.0844. The number of benzene rings is 2. The fraction of sp³-hybridized carbons (Fsp3) is 0.278. The summed E-state index contributed by atoms with van der Waals surface area (Å²) in [4.78, 5) is 12.1. The van der Waals surface area contributed by atoms with Gasteiger partial charge in [0.1, 0.15) is 0 Å². The van der Waals surface area contributed by atoms with Gasteiger partial charge in [-0.1, -0.05) is 41.9 Å². The van der Waals surface area contributed by atoms with Crippen LogP contribution in [-0.4, -0.2) is 19.1 Å². The molecule has 0 spiro atoms. The quantitative estimate of drug-likeness (QED) is 0.833. The van der Waals surface area contributed by atoms with Crippen LogP contribution in [-0.2, 0) is 4.79 Å². The highest BCUT2D eigenvalue weighted by Gasteiger charge is 2.13. The molecule has 2 aromatic rings. The molecule has 0 aromatic heterocycles. The Bertz CT molecular complexity index is 660. The molecule has 0 bridgehead atoms. The molecule has 0 saturated carbocycles. The first-order valence-corrected chi connectivity index (χ1v) is 7.88.